The van der Waals surface area contributed by atoms with Gasteiger partial charge in [-0.1, -0.05) is 12.1 Å². The van der Waals surface area contributed by atoms with Crippen molar-refractivity contribution in [1.82, 2.24) is 5.32 Å². The monoisotopic (exact) mass is 319 g/mol. The summed E-state index contributed by atoms with van der Waals surface area (Å²) in [5, 5.41) is 12.0. The van der Waals surface area contributed by atoms with Gasteiger partial charge < -0.3 is 15.2 Å². The quantitative estimate of drug-likeness (QED) is 0.772. The third kappa shape index (κ3) is 4.81. The van der Waals surface area contributed by atoms with Gasteiger partial charge in [0.25, 0.3) is 0 Å². The molecule has 0 spiro atoms. The van der Waals surface area contributed by atoms with E-state index in [2.05, 4.69) is 5.32 Å². The third-order valence-corrected chi connectivity index (χ3v) is 3.65. The predicted octanol–water partition coefficient (Wildman–Crippen LogP) is 1.35. The van der Waals surface area contributed by atoms with Gasteiger partial charge in [-0.3, -0.25) is 9.59 Å². The van der Waals surface area contributed by atoms with Crippen LogP contribution in [0, 0.1) is 5.92 Å². The van der Waals surface area contributed by atoms with Gasteiger partial charge in [-0.25, -0.2) is 4.79 Å². The predicted molar refractivity (Wildman–Crippen MR) is 82.7 cm³/mol. The minimum Gasteiger partial charge on any atom is -0.508 e. The number of ketones is 1. The normalized spacial score (nSPS) is 15.9. The Balaban J connectivity index is 2.04. The van der Waals surface area contributed by atoms with Crippen LogP contribution < -0.4 is 5.32 Å². The van der Waals surface area contributed by atoms with Crippen LogP contribution in [0.2, 0.25) is 0 Å². The molecule has 1 atom stereocenters. The Kier molecular flexibility index (Phi) is 5.36. The molecule has 1 aromatic rings. The van der Waals surface area contributed by atoms with Crippen molar-refractivity contribution in [2.75, 3.05) is 0 Å². The summed E-state index contributed by atoms with van der Waals surface area (Å²) in [5.74, 6) is -0.963. The lowest BCUT2D eigenvalue weighted by molar-refractivity contribution is -0.152. The SMILES string of the molecule is CC(C)OC(=O)[C@H](Cc1ccc(O)cc1)NC(=O)C1CC(=O)C1. The summed E-state index contributed by atoms with van der Waals surface area (Å²) < 4.78 is 5.19. The van der Waals surface area contributed by atoms with Crippen molar-refractivity contribution >= 4 is 17.7 Å². The van der Waals surface area contributed by atoms with E-state index in [0.717, 1.165) is 5.56 Å². The van der Waals surface area contributed by atoms with Crippen molar-refractivity contribution < 1.29 is 24.2 Å². The molecule has 1 saturated carbocycles. The molecule has 124 valence electrons. The maximum absolute atomic E-state index is 12.2. The molecule has 1 aromatic carbocycles. The molecule has 1 amide bonds. The molecule has 0 bridgehead atoms. The van der Waals surface area contributed by atoms with Crippen LogP contribution >= 0.6 is 0 Å². The maximum atomic E-state index is 12.2. The molecule has 0 saturated heterocycles. The number of phenols is 1. The summed E-state index contributed by atoms with van der Waals surface area (Å²) in [6, 6.07) is 5.60. The van der Waals surface area contributed by atoms with Gasteiger partial charge in [-0.2, -0.15) is 0 Å². The number of benzene rings is 1. The average Bonchev–Trinajstić information content (AvgIpc) is 2.44. The standard InChI is InChI=1S/C17H21NO5/c1-10(2)23-17(22)15(7-11-3-5-13(19)6-4-11)18-16(21)12-8-14(20)9-12/h3-6,10,12,15,19H,7-9H2,1-2H3,(H,18,21)/t15-/m0/s1. The van der Waals surface area contributed by atoms with E-state index in [1.807, 2.05) is 0 Å². The smallest absolute Gasteiger partial charge is 0.329 e. The van der Waals surface area contributed by atoms with Crippen molar-refractivity contribution in [3.8, 4) is 5.75 Å². The largest absolute Gasteiger partial charge is 0.508 e. The molecule has 1 aliphatic rings. The number of esters is 1. The molecule has 0 unspecified atom stereocenters. The highest BCUT2D eigenvalue weighted by Gasteiger charge is 2.35. The molecule has 1 aliphatic carbocycles. The van der Waals surface area contributed by atoms with Gasteiger partial charge in [-0.15, -0.1) is 0 Å². The summed E-state index contributed by atoms with van der Waals surface area (Å²) in [7, 11) is 0. The summed E-state index contributed by atoms with van der Waals surface area (Å²) in [6.45, 7) is 3.48. The van der Waals surface area contributed by atoms with Gasteiger partial charge in [0, 0.05) is 19.3 Å². The molecule has 0 aromatic heterocycles. The number of Topliss-reactive ketones (excluding diaryl/α,β-unsaturated/α-hetero) is 1. The van der Waals surface area contributed by atoms with E-state index in [1.54, 1.807) is 26.0 Å². The summed E-state index contributed by atoms with van der Waals surface area (Å²) in [5.41, 5.74) is 0.790. The van der Waals surface area contributed by atoms with Crippen molar-refractivity contribution in [3.63, 3.8) is 0 Å². The van der Waals surface area contributed by atoms with Gasteiger partial charge in [0.1, 0.15) is 17.6 Å². The first kappa shape index (κ1) is 17.0. The Morgan fingerprint density at radius 1 is 1.26 bits per heavy atom. The molecular weight excluding hydrogens is 298 g/mol. The third-order valence-electron chi connectivity index (χ3n) is 3.65. The van der Waals surface area contributed by atoms with E-state index in [-0.39, 0.29) is 48.7 Å². The van der Waals surface area contributed by atoms with Crippen LogP contribution in [0.5, 0.6) is 5.75 Å². The molecule has 6 heteroatoms. The molecule has 23 heavy (non-hydrogen) atoms. The molecule has 2 rings (SSSR count). The first-order valence-corrected chi connectivity index (χ1v) is 7.65. The highest BCUT2D eigenvalue weighted by molar-refractivity contribution is 5.97. The van der Waals surface area contributed by atoms with Crippen molar-refractivity contribution in [1.29, 1.82) is 0 Å². The van der Waals surface area contributed by atoms with Gasteiger partial charge in [0.05, 0.1) is 12.0 Å². The van der Waals surface area contributed by atoms with Gasteiger partial charge >= 0.3 is 5.97 Å². The number of nitrogens with one attached hydrogen (secondary N) is 1. The van der Waals surface area contributed by atoms with Crippen LogP contribution in [0.1, 0.15) is 32.3 Å². The zero-order valence-corrected chi connectivity index (χ0v) is 13.2. The highest BCUT2D eigenvalue weighted by Crippen LogP contribution is 2.23. The molecule has 6 nitrogen and oxygen atoms in total. The molecular formula is C17H21NO5. The lowest BCUT2D eigenvalue weighted by Gasteiger charge is -2.26. The van der Waals surface area contributed by atoms with Crippen LogP contribution in [0.25, 0.3) is 0 Å². The van der Waals surface area contributed by atoms with Crippen LogP contribution in [-0.4, -0.2) is 34.9 Å². The fourth-order valence-electron chi connectivity index (χ4n) is 2.34. The Morgan fingerprint density at radius 2 is 1.87 bits per heavy atom. The number of phenolic OH excluding ortho intramolecular Hbond substituents is 1. The zero-order valence-electron chi connectivity index (χ0n) is 13.2. The zero-order chi connectivity index (χ0) is 17.0. The van der Waals surface area contributed by atoms with Crippen LogP contribution in [-0.2, 0) is 25.5 Å². The van der Waals surface area contributed by atoms with Crippen LogP contribution in [0.4, 0.5) is 0 Å². The Labute approximate surface area is 134 Å². The van der Waals surface area contributed by atoms with Crippen molar-refractivity contribution in [2.45, 2.75) is 45.3 Å². The van der Waals surface area contributed by atoms with Gasteiger partial charge in [0.15, 0.2) is 0 Å². The fourth-order valence-corrected chi connectivity index (χ4v) is 2.34. The number of aromatic hydroxyl groups is 1. The lowest BCUT2D eigenvalue weighted by Crippen LogP contribution is -2.48. The van der Waals surface area contributed by atoms with E-state index >= 15 is 0 Å². The van der Waals surface area contributed by atoms with E-state index in [1.165, 1.54) is 12.1 Å². The second-order valence-electron chi connectivity index (χ2n) is 6.06. The topological polar surface area (TPSA) is 92.7 Å². The minimum atomic E-state index is -0.815. The second-order valence-corrected chi connectivity index (χ2v) is 6.06. The minimum absolute atomic E-state index is 0.0602. The molecule has 2 N–H and O–H groups in total. The summed E-state index contributed by atoms with van der Waals surface area (Å²) in [6.07, 6.45) is 0.443. The Morgan fingerprint density at radius 3 is 2.39 bits per heavy atom. The van der Waals surface area contributed by atoms with E-state index in [4.69, 9.17) is 4.74 Å². The number of carbonyl (C=O) groups excluding carboxylic acids is 3. The fraction of sp³-hybridized carbons (Fsp3) is 0.471. The number of rotatable bonds is 6. The molecule has 0 heterocycles. The maximum Gasteiger partial charge on any atom is 0.329 e. The summed E-state index contributed by atoms with van der Waals surface area (Å²) in [4.78, 5) is 35.3. The lowest BCUT2D eigenvalue weighted by atomic mass is 9.83. The molecule has 0 radical (unpaired) electrons. The van der Waals surface area contributed by atoms with Crippen molar-refractivity contribution in [3.05, 3.63) is 29.8 Å². The highest BCUT2D eigenvalue weighted by atomic mass is 16.5. The van der Waals surface area contributed by atoms with E-state index in [9.17, 15) is 19.5 Å². The van der Waals surface area contributed by atoms with Crippen LogP contribution in [0.15, 0.2) is 24.3 Å². The molecule has 1 fully saturated rings. The Hall–Kier alpha value is -2.37. The number of hydrogen-bond donors (Lipinski definition) is 2. The van der Waals surface area contributed by atoms with Crippen molar-refractivity contribution in [2.24, 2.45) is 5.92 Å². The summed E-state index contributed by atoms with van der Waals surface area (Å²) >= 11 is 0. The second kappa shape index (κ2) is 7.26. The number of hydrogen-bond acceptors (Lipinski definition) is 5. The van der Waals surface area contributed by atoms with E-state index in [0.29, 0.717) is 0 Å². The van der Waals surface area contributed by atoms with Gasteiger partial charge in [-0.05, 0) is 31.5 Å². The number of ether oxygens (including phenoxy) is 1. The first-order chi connectivity index (χ1) is 10.8. The average molecular weight is 319 g/mol. The Bertz CT molecular complexity index is 586. The molecule has 0 aliphatic heterocycles. The van der Waals surface area contributed by atoms with E-state index < -0.39 is 12.0 Å². The van der Waals surface area contributed by atoms with Gasteiger partial charge in [0.2, 0.25) is 5.91 Å². The van der Waals surface area contributed by atoms with Crippen LogP contribution in [0.3, 0.4) is 0 Å². The number of carbonyl (C=O) groups is 3. The first-order valence-electron chi connectivity index (χ1n) is 7.65. The number of amides is 1.